The Morgan fingerprint density at radius 3 is 0.980 bits per heavy atom. The second-order valence-electron chi connectivity index (χ2n) is 14.2. The average molecular weight is 838 g/mol. The molecule has 2 heterocycles. The molecule has 0 amide bonds. The number of hydrogen-bond acceptors (Lipinski definition) is 8. The van der Waals surface area contributed by atoms with Crippen molar-refractivity contribution in [2.75, 3.05) is 23.0 Å². The van der Waals surface area contributed by atoms with Crippen LogP contribution in [0.5, 0.6) is 0 Å². The largest absolute Gasteiger partial charge is 0.179 e. The van der Waals surface area contributed by atoms with Gasteiger partial charge in [0.1, 0.15) is 0 Å². The molecule has 0 nitrogen and oxygen atoms in total. The fourth-order valence-electron chi connectivity index (χ4n) is 6.33. The van der Waals surface area contributed by atoms with E-state index in [9.17, 15) is 0 Å². The summed E-state index contributed by atoms with van der Waals surface area (Å²) in [4.78, 5) is 3.39. The Hall–Kier alpha value is 2.02. The van der Waals surface area contributed by atoms with Gasteiger partial charge in [-0.3, -0.25) is 0 Å². The Morgan fingerprint density at radius 2 is 0.660 bits per heavy atom. The molecule has 2 aliphatic rings. The molecule has 0 saturated heterocycles. The van der Waals surface area contributed by atoms with Crippen molar-refractivity contribution in [1.82, 2.24) is 0 Å². The monoisotopic (exact) mass is 836 g/mol. The third-order valence-corrected chi connectivity index (χ3v) is 19.1. The summed E-state index contributed by atoms with van der Waals surface area (Å²) in [5, 5.41) is 0. The predicted molar refractivity (Wildman–Crippen MR) is 254 cm³/mol. The molecule has 0 aromatic heterocycles. The molecule has 0 radical (unpaired) electrons. The van der Waals surface area contributed by atoms with E-state index in [1.807, 2.05) is 0 Å². The normalized spacial score (nSPS) is 16.6. The highest BCUT2D eigenvalue weighted by Crippen LogP contribution is 2.64. The van der Waals surface area contributed by atoms with Gasteiger partial charge in [-0.2, -0.15) is 25.3 Å². The van der Waals surface area contributed by atoms with Crippen LogP contribution in [0.25, 0.3) is 0 Å². The molecular weight excluding hydrogens is 761 g/mol. The van der Waals surface area contributed by atoms with Crippen molar-refractivity contribution in [2.45, 2.75) is 206 Å². The molecular formula is C42H76S8. The van der Waals surface area contributed by atoms with Gasteiger partial charge in [-0.05, 0) is 74.4 Å². The van der Waals surface area contributed by atoms with Gasteiger partial charge in [-0.1, -0.05) is 202 Å². The lowest BCUT2D eigenvalue weighted by Crippen LogP contribution is -1.85. The molecule has 8 heteroatoms. The Kier molecular flexibility index (Phi) is 34.1. The Bertz CT molecular complexity index is 839. The van der Waals surface area contributed by atoms with Crippen LogP contribution in [0.2, 0.25) is 0 Å². The van der Waals surface area contributed by atoms with Gasteiger partial charge in [-0.25, -0.2) is 0 Å². The van der Waals surface area contributed by atoms with Crippen molar-refractivity contribution in [3.63, 3.8) is 0 Å². The van der Waals surface area contributed by atoms with Crippen molar-refractivity contribution in [3.05, 3.63) is 26.8 Å². The van der Waals surface area contributed by atoms with Gasteiger partial charge in [-0.15, -0.1) is 23.5 Å². The smallest absolute Gasteiger partial charge is 0.0708 e. The van der Waals surface area contributed by atoms with Crippen molar-refractivity contribution in [1.29, 1.82) is 0 Å². The second-order valence-corrected chi connectivity index (χ2v) is 22.6. The standard InChI is InChI=1S/C42H76S8/c1-3-5-7-25-31-37-39(45-35-29-23-19-15-11-9-13-17-21-27-33-43)49-41(47-37)42-48-38(32-26-8-6-4-2)40(50-42)46-36-30-24-20-16-12-10-14-18-22-28-34-44/h43-44H,3-36H2,1-2H3/b42-41+. The lowest BCUT2D eigenvalue weighted by molar-refractivity contribution is 0.564. The zero-order valence-electron chi connectivity index (χ0n) is 32.4. The van der Waals surface area contributed by atoms with Gasteiger partial charge in [0, 0.05) is 9.81 Å². The number of allylic oxidation sites excluding steroid dienone is 2. The molecule has 0 aromatic rings. The van der Waals surface area contributed by atoms with Gasteiger partial charge in [0.15, 0.2) is 0 Å². The molecule has 2 aliphatic heterocycles. The third-order valence-electron chi connectivity index (χ3n) is 9.51. The highest BCUT2D eigenvalue weighted by molar-refractivity contribution is 8.40. The minimum absolute atomic E-state index is 1.05. The zero-order valence-corrected chi connectivity index (χ0v) is 39.1. The molecule has 0 spiro atoms. The molecule has 0 aromatic carbocycles. The summed E-state index contributed by atoms with van der Waals surface area (Å²) in [7, 11) is 0. The van der Waals surface area contributed by atoms with Crippen molar-refractivity contribution < 1.29 is 0 Å². The Labute approximate surface area is 349 Å². The highest BCUT2D eigenvalue weighted by Gasteiger charge is 2.30. The van der Waals surface area contributed by atoms with Crippen LogP contribution in [0.15, 0.2) is 26.8 Å². The summed E-state index contributed by atoms with van der Waals surface area (Å²) < 4.78 is 6.52. The van der Waals surface area contributed by atoms with E-state index in [-0.39, 0.29) is 0 Å². The van der Waals surface area contributed by atoms with E-state index in [1.165, 1.54) is 204 Å². The van der Waals surface area contributed by atoms with Gasteiger partial charge in [0.25, 0.3) is 0 Å². The summed E-state index contributed by atoms with van der Waals surface area (Å²) in [6, 6.07) is 0. The van der Waals surface area contributed by atoms with E-state index in [1.54, 1.807) is 26.8 Å². The van der Waals surface area contributed by atoms with Crippen LogP contribution in [-0.4, -0.2) is 23.0 Å². The third kappa shape index (κ3) is 24.5. The number of rotatable bonds is 36. The Balaban J connectivity index is 1.80. The number of thiol groups is 2. The lowest BCUT2D eigenvalue weighted by Gasteiger charge is -2.06. The quantitative estimate of drug-likeness (QED) is 0.0473. The van der Waals surface area contributed by atoms with Crippen LogP contribution in [0.1, 0.15) is 206 Å². The maximum Gasteiger partial charge on any atom is 0.0708 e. The molecule has 292 valence electrons. The first-order chi connectivity index (χ1) is 24.7. The molecule has 0 bridgehead atoms. The van der Waals surface area contributed by atoms with Gasteiger partial charge in [0.05, 0.1) is 16.9 Å². The zero-order chi connectivity index (χ0) is 35.7. The predicted octanol–water partition coefficient (Wildman–Crippen LogP) is 18.5. The first-order valence-electron chi connectivity index (χ1n) is 21.1. The van der Waals surface area contributed by atoms with Gasteiger partial charge in [0.2, 0.25) is 0 Å². The molecule has 0 saturated carbocycles. The maximum absolute atomic E-state index is 4.34. The number of hydrogen-bond donors (Lipinski definition) is 2. The minimum atomic E-state index is 1.05. The van der Waals surface area contributed by atoms with Gasteiger partial charge < -0.3 is 0 Å². The number of unbranched alkanes of at least 4 members (excludes halogenated alkanes) is 24. The fourth-order valence-corrected chi connectivity index (χ4v) is 15.9. The molecule has 0 fully saturated rings. The van der Waals surface area contributed by atoms with Gasteiger partial charge >= 0.3 is 0 Å². The van der Waals surface area contributed by atoms with Crippen LogP contribution < -0.4 is 0 Å². The summed E-state index contributed by atoms with van der Waals surface area (Å²) >= 11 is 21.7. The molecule has 0 N–H and O–H groups in total. The van der Waals surface area contributed by atoms with Crippen molar-refractivity contribution in [3.8, 4) is 0 Å². The molecule has 0 unspecified atom stereocenters. The SMILES string of the molecule is CCCCCCC1=C(SCCCCCCCCCCCCS)S/C(=C2\SC(CCCCCC)=C(SCCCCCCCCCCCCS)S2)S1. The van der Waals surface area contributed by atoms with E-state index >= 15 is 0 Å². The van der Waals surface area contributed by atoms with Crippen LogP contribution >= 0.6 is 95.8 Å². The van der Waals surface area contributed by atoms with Crippen LogP contribution in [0, 0.1) is 0 Å². The lowest BCUT2D eigenvalue weighted by atomic mass is 10.1. The van der Waals surface area contributed by atoms with Crippen LogP contribution in [0.4, 0.5) is 0 Å². The Morgan fingerprint density at radius 1 is 0.360 bits per heavy atom. The summed E-state index contributed by atoms with van der Waals surface area (Å²) in [5.41, 5.74) is 0. The minimum Gasteiger partial charge on any atom is -0.179 e. The summed E-state index contributed by atoms with van der Waals surface area (Å²) in [6.45, 7) is 4.67. The molecule has 50 heavy (non-hydrogen) atoms. The first kappa shape index (κ1) is 48.2. The van der Waals surface area contributed by atoms with Crippen LogP contribution in [0.3, 0.4) is 0 Å². The van der Waals surface area contributed by atoms with Crippen molar-refractivity contribution >= 4 is 95.8 Å². The highest BCUT2D eigenvalue weighted by atomic mass is 32.2. The van der Waals surface area contributed by atoms with E-state index in [0.717, 1.165) is 11.5 Å². The first-order valence-corrected chi connectivity index (χ1v) is 27.6. The summed E-state index contributed by atoms with van der Waals surface area (Å²) in [5.74, 6) is 4.71. The van der Waals surface area contributed by atoms with E-state index in [0.29, 0.717) is 0 Å². The molecule has 2 rings (SSSR count). The van der Waals surface area contributed by atoms with E-state index in [4.69, 9.17) is 0 Å². The maximum atomic E-state index is 4.34. The average Bonchev–Trinajstić information content (AvgIpc) is 3.73. The van der Waals surface area contributed by atoms with Crippen LogP contribution in [-0.2, 0) is 0 Å². The number of thioether (sulfide) groups is 6. The van der Waals surface area contributed by atoms with E-state index in [2.05, 4.69) is 110 Å². The topological polar surface area (TPSA) is 0 Å². The summed E-state index contributed by atoms with van der Waals surface area (Å²) in [6.07, 6.45) is 41.5. The molecule has 0 atom stereocenters. The van der Waals surface area contributed by atoms with Crippen molar-refractivity contribution in [2.24, 2.45) is 0 Å². The second kappa shape index (κ2) is 35.4. The van der Waals surface area contributed by atoms with E-state index < -0.39 is 0 Å². The fraction of sp³-hybridized carbons (Fsp3) is 0.857. The molecule has 0 aliphatic carbocycles.